The molecule has 0 bridgehead atoms. The number of amidine groups is 1. The Bertz CT molecular complexity index is 225. The summed E-state index contributed by atoms with van der Waals surface area (Å²) in [6.45, 7) is 3.60. The Morgan fingerprint density at radius 1 is 1.64 bits per heavy atom. The second-order valence-electron chi connectivity index (χ2n) is 2.86. The van der Waals surface area contributed by atoms with E-state index >= 15 is 0 Å². The molecular formula is C6H10N2O2S. The van der Waals surface area contributed by atoms with Crippen LogP contribution in [0.5, 0.6) is 0 Å². The zero-order valence-electron chi connectivity index (χ0n) is 6.66. The fourth-order valence-electron chi connectivity index (χ4n) is 0.919. The van der Waals surface area contributed by atoms with E-state index in [1.165, 1.54) is 16.7 Å². The van der Waals surface area contributed by atoms with Gasteiger partial charge in [-0.05, 0) is 13.8 Å². The molecule has 0 spiro atoms. The van der Waals surface area contributed by atoms with Crippen LogP contribution in [-0.2, 0) is 4.79 Å². The highest BCUT2D eigenvalue weighted by molar-refractivity contribution is 8.16. The first kappa shape index (κ1) is 8.39. The summed E-state index contributed by atoms with van der Waals surface area (Å²) in [5.74, 6) is -0.0321. The van der Waals surface area contributed by atoms with Crippen LogP contribution >= 0.6 is 11.8 Å². The Kier molecular flexibility index (Phi) is 1.83. The van der Waals surface area contributed by atoms with Crippen molar-refractivity contribution in [3.05, 3.63) is 0 Å². The third kappa shape index (κ3) is 1.20. The van der Waals surface area contributed by atoms with Gasteiger partial charge in [-0.1, -0.05) is 16.9 Å². The van der Waals surface area contributed by atoms with E-state index in [1.54, 1.807) is 20.9 Å². The van der Waals surface area contributed by atoms with E-state index in [2.05, 4.69) is 5.16 Å². The molecule has 5 heteroatoms. The number of oxime groups is 1. The van der Waals surface area contributed by atoms with Gasteiger partial charge in [0.2, 0.25) is 11.1 Å². The second kappa shape index (κ2) is 2.41. The third-order valence-electron chi connectivity index (χ3n) is 1.54. The summed E-state index contributed by atoms with van der Waals surface area (Å²) >= 11 is 1.26. The lowest BCUT2D eigenvalue weighted by molar-refractivity contribution is -0.127. The monoisotopic (exact) mass is 174 g/mol. The van der Waals surface area contributed by atoms with Crippen molar-refractivity contribution in [2.24, 2.45) is 5.16 Å². The molecule has 11 heavy (non-hydrogen) atoms. The Balaban J connectivity index is 2.95. The highest BCUT2D eigenvalue weighted by atomic mass is 32.2. The zero-order valence-corrected chi connectivity index (χ0v) is 7.47. The fraction of sp³-hybridized carbons (Fsp3) is 0.667. The molecule has 0 aliphatic carbocycles. The van der Waals surface area contributed by atoms with Crippen molar-refractivity contribution >= 4 is 22.8 Å². The van der Waals surface area contributed by atoms with Gasteiger partial charge in [-0.25, -0.2) is 0 Å². The summed E-state index contributed by atoms with van der Waals surface area (Å²) in [5.41, 5.74) is 0. The molecule has 1 aliphatic rings. The van der Waals surface area contributed by atoms with E-state index in [1.807, 2.05) is 0 Å². The Morgan fingerprint density at radius 3 is 2.36 bits per heavy atom. The van der Waals surface area contributed by atoms with Gasteiger partial charge in [0.05, 0.1) is 4.75 Å². The molecule has 1 N–H and O–H groups in total. The van der Waals surface area contributed by atoms with Gasteiger partial charge in [0.25, 0.3) is 0 Å². The van der Waals surface area contributed by atoms with Crippen LogP contribution in [-0.4, -0.2) is 33.0 Å². The minimum absolute atomic E-state index is 0.0321. The van der Waals surface area contributed by atoms with Crippen LogP contribution in [0.2, 0.25) is 0 Å². The van der Waals surface area contributed by atoms with Crippen molar-refractivity contribution < 1.29 is 10.0 Å². The SMILES string of the molecule is CN1C(=O)C(C)(C)SC1=NO. The largest absolute Gasteiger partial charge is 0.409 e. The molecule has 0 radical (unpaired) electrons. The third-order valence-corrected chi connectivity index (χ3v) is 2.76. The highest BCUT2D eigenvalue weighted by Gasteiger charge is 2.42. The van der Waals surface area contributed by atoms with E-state index in [4.69, 9.17) is 5.21 Å². The first-order chi connectivity index (χ1) is 4.99. The molecule has 1 rings (SSSR count). The standard InChI is InChI=1S/C6H10N2O2S/c1-6(2)4(9)8(3)5(7-10)11-6/h10H,1-3H3. The summed E-state index contributed by atoms with van der Waals surface area (Å²) in [7, 11) is 1.60. The van der Waals surface area contributed by atoms with Crippen molar-refractivity contribution in [3.63, 3.8) is 0 Å². The van der Waals surface area contributed by atoms with Gasteiger partial charge in [0, 0.05) is 7.05 Å². The Hall–Kier alpha value is -0.710. The average molecular weight is 174 g/mol. The molecule has 0 aromatic rings. The summed E-state index contributed by atoms with van der Waals surface area (Å²) < 4.78 is -0.490. The van der Waals surface area contributed by atoms with Crippen LogP contribution in [0.4, 0.5) is 0 Å². The van der Waals surface area contributed by atoms with Crippen molar-refractivity contribution in [2.45, 2.75) is 18.6 Å². The molecule has 1 heterocycles. The summed E-state index contributed by atoms with van der Waals surface area (Å²) in [5, 5.41) is 11.8. The van der Waals surface area contributed by atoms with Crippen LogP contribution in [0, 0.1) is 0 Å². The first-order valence-electron chi connectivity index (χ1n) is 3.18. The van der Waals surface area contributed by atoms with Gasteiger partial charge < -0.3 is 5.21 Å². The molecule has 4 nitrogen and oxygen atoms in total. The van der Waals surface area contributed by atoms with Crippen molar-refractivity contribution in [3.8, 4) is 0 Å². The van der Waals surface area contributed by atoms with Crippen LogP contribution in [0.3, 0.4) is 0 Å². The number of rotatable bonds is 0. The molecule has 1 saturated heterocycles. The normalized spacial score (nSPS) is 26.6. The van der Waals surface area contributed by atoms with Crippen LogP contribution in [0.25, 0.3) is 0 Å². The van der Waals surface area contributed by atoms with Gasteiger partial charge in [-0.3, -0.25) is 9.69 Å². The predicted octanol–water partition coefficient (Wildman–Crippen LogP) is 0.715. The highest BCUT2D eigenvalue weighted by Crippen LogP contribution is 2.35. The summed E-state index contributed by atoms with van der Waals surface area (Å²) in [4.78, 5) is 12.7. The smallest absolute Gasteiger partial charge is 0.244 e. The number of carbonyl (C=O) groups excluding carboxylic acids is 1. The second-order valence-corrected chi connectivity index (χ2v) is 4.45. The maximum Gasteiger partial charge on any atom is 0.244 e. The van der Waals surface area contributed by atoms with E-state index in [0.717, 1.165) is 0 Å². The number of carbonyl (C=O) groups is 1. The molecule has 1 fully saturated rings. The lowest BCUT2D eigenvalue weighted by Gasteiger charge is -2.11. The molecule has 0 atom stereocenters. The van der Waals surface area contributed by atoms with Gasteiger partial charge in [0.15, 0.2) is 0 Å². The molecule has 1 amide bonds. The van der Waals surface area contributed by atoms with E-state index in [-0.39, 0.29) is 5.91 Å². The quantitative estimate of drug-likeness (QED) is 0.435. The van der Waals surface area contributed by atoms with E-state index in [9.17, 15) is 4.79 Å². The molecule has 0 aromatic carbocycles. The van der Waals surface area contributed by atoms with Gasteiger partial charge in [0.1, 0.15) is 0 Å². The average Bonchev–Trinajstić information content (AvgIpc) is 2.13. The van der Waals surface area contributed by atoms with Crippen molar-refractivity contribution in [1.29, 1.82) is 0 Å². The summed E-state index contributed by atoms with van der Waals surface area (Å²) in [6, 6.07) is 0. The van der Waals surface area contributed by atoms with E-state index in [0.29, 0.717) is 5.17 Å². The van der Waals surface area contributed by atoms with Crippen molar-refractivity contribution in [1.82, 2.24) is 4.90 Å². The molecule has 0 aromatic heterocycles. The lowest BCUT2D eigenvalue weighted by atomic mass is 10.2. The number of thioether (sulfide) groups is 1. The zero-order chi connectivity index (χ0) is 8.65. The number of nitrogens with zero attached hydrogens (tertiary/aromatic N) is 2. The molecular weight excluding hydrogens is 164 g/mol. The minimum atomic E-state index is -0.490. The lowest BCUT2D eigenvalue weighted by Crippen LogP contribution is -2.32. The van der Waals surface area contributed by atoms with Crippen LogP contribution < -0.4 is 0 Å². The van der Waals surface area contributed by atoms with Gasteiger partial charge >= 0.3 is 0 Å². The Labute approximate surface area is 69.2 Å². The molecule has 0 unspecified atom stereocenters. The van der Waals surface area contributed by atoms with E-state index < -0.39 is 4.75 Å². The minimum Gasteiger partial charge on any atom is -0.409 e. The van der Waals surface area contributed by atoms with Crippen LogP contribution in [0.15, 0.2) is 5.16 Å². The number of amides is 1. The summed E-state index contributed by atoms with van der Waals surface area (Å²) in [6.07, 6.45) is 0. The van der Waals surface area contributed by atoms with Gasteiger partial charge in [-0.2, -0.15) is 0 Å². The number of hydrogen-bond donors (Lipinski definition) is 1. The predicted molar refractivity (Wildman–Crippen MR) is 43.7 cm³/mol. The molecule has 1 aliphatic heterocycles. The number of hydrogen-bond acceptors (Lipinski definition) is 4. The molecule has 0 saturated carbocycles. The fourth-order valence-corrected chi connectivity index (χ4v) is 1.86. The topological polar surface area (TPSA) is 52.9 Å². The van der Waals surface area contributed by atoms with Crippen molar-refractivity contribution in [2.75, 3.05) is 7.05 Å². The first-order valence-corrected chi connectivity index (χ1v) is 4.00. The maximum absolute atomic E-state index is 11.3. The van der Waals surface area contributed by atoms with Crippen LogP contribution in [0.1, 0.15) is 13.8 Å². The maximum atomic E-state index is 11.3. The van der Waals surface area contributed by atoms with Gasteiger partial charge in [-0.15, -0.1) is 0 Å². The Morgan fingerprint density at radius 2 is 2.18 bits per heavy atom. The molecule has 62 valence electrons.